The molecule has 0 bridgehead atoms. The van der Waals surface area contributed by atoms with Gasteiger partial charge in [0.05, 0.1) is 0 Å². The van der Waals surface area contributed by atoms with Crippen LogP contribution < -0.4 is 10.5 Å². The van der Waals surface area contributed by atoms with Crippen LogP contribution in [0.25, 0.3) is 0 Å². The number of hydrogen-bond acceptors (Lipinski definition) is 4. The van der Waals surface area contributed by atoms with Gasteiger partial charge in [-0.2, -0.15) is 13.2 Å². The molecule has 2 aromatic heterocycles. The monoisotopic (exact) mass is 378 g/mol. The molecule has 2 aromatic rings. The third-order valence-electron chi connectivity index (χ3n) is 5.49. The average Bonchev–Trinajstić information content (AvgIpc) is 2.66. The predicted molar refractivity (Wildman–Crippen MR) is 94.9 cm³/mol. The van der Waals surface area contributed by atoms with E-state index in [0.29, 0.717) is 31.6 Å². The van der Waals surface area contributed by atoms with E-state index in [9.17, 15) is 18.0 Å². The number of anilines is 1. The van der Waals surface area contributed by atoms with Crippen molar-refractivity contribution >= 4 is 5.95 Å². The second kappa shape index (κ2) is 6.98. The second-order valence-electron chi connectivity index (χ2n) is 7.25. The minimum atomic E-state index is -4.46. The standard InChI is InChI=1S/C19H21F3N4O/c20-19(21,22)17-14-3-1-2-4-15(14)24-18(25-17)26-9-6-12(7-10-26)13-5-8-23-16(27)11-13/h5,8,11-12H,1-4,6-7,9-10H2,(H,23,27). The van der Waals surface area contributed by atoms with Crippen LogP contribution in [0.1, 0.15) is 54.1 Å². The first kappa shape index (κ1) is 18.0. The van der Waals surface area contributed by atoms with Crippen LogP contribution in [0.2, 0.25) is 0 Å². The Morgan fingerprint density at radius 3 is 2.56 bits per heavy atom. The van der Waals surface area contributed by atoms with Crippen LogP contribution in [-0.2, 0) is 19.0 Å². The first-order valence-corrected chi connectivity index (χ1v) is 9.32. The Morgan fingerprint density at radius 1 is 1.11 bits per heavy atom. The van der Waals surface area contributed by atoms with Gasteiger partial charge in [-0.25, -0.2) is 9.97 Å². The summed E-state index contributed by atoms with van der Waals surface area (Å²) in [6.45, 7) is 1.15. The van der Waals surface area contributed by atoms with Crippen molar-refractivity contribution in [3.63, 3.8) is 0 Å². The largest absolute Gasteiger partial charge is 0.433 e. The quantitative estimate of drug-likeness (QED) is 0.870. The molecule has 4 rings (SSSR count). The van der Waals surface area contributed by atoms with Gasteiger partial charge in [-0.3, -0.25) is 4.79 Å². The van der Waals surface area contributed by atoms with E-state index in [2.05, 4.69) is 15.0 Å². The number of hydrogen-bond donors (Lipinski definition) is 1. The lowest BCUT2D eigenvalue weighted by atomic mass is 9.90. The molecule has 27 heavy (non-hydrogen) atoms. The van der Waals surface area contributed by atoms with Gasteiger partial charge in [0.25, 0.3) is 0 Å². The van der Waals surface area contributed by atoms with Crippen molar-refractivity contribution in [2.24, 2.45) is 0 Å². The van der Waals surface area contributed by atoms with E-state index >= 15 is 0 Å². The lowest BCUT2D eigenvalue weighted by Gasteiger charge is -2.33. The zero-order chi connectivity index (χ0) is 19.0. The predicted octanol–water partition coefficient (Wildman–Crippen LogP) is 3.45. The maximum absolute atomic E-state index is 13.5. The highest BCUT2D eigenvalue weighted by Gasteiger charge is 2.38. The molecule has 1 N–H and O–H groups in total. The van der Waals surface area contributed by atoms with Crippen molar-refractivity contribution in [1.29, 1.82) is 0 Å². The number of piperidine rings is 1. The van der Waals surface area contributed by atoms with Gasteiger partial charge in [-0.05, 0) is 56.1 Å². The molecular weight excluding hydrogens is 357 g/mol. The molecule has 0 spiro atoms. The highest BCUT2D eigenvalue weighted by atomic mass is 19.4. The number of pyridine rings is 1. The Labute approximate surface area is 154 Å². The van der Waals surface area contributed by atoms with Crippen LogP contribution in [0.4, 0.5) is 19.1 Å². The molecule has 0 radical (unpaired) electrons. The minimum Gasteiger partial charge on any atom is -0.341 e. The summed E-state index contributed by atoms with van der Waals surface area (Å²) in [4.78, 5) is 24.3. The molecule has 0 saturated carbocycles. The number of alkyl halides is 3. The van der Waals surface area contributed by atoms with E-state index in [1.807, 2.05) is 11.0 Å². The highest BCUT2D eigenvalue weighted by molar-refractivity contribution is 5.40. The highest BCUT2D eigenvalue weighted by Crippen LogP contribution is 2.36. The van der Waals surface area contributed by atoms with Crippen molar-refractivity contribution in [3.8, 4) is 0 Å². The van der Waals surface area contributed by atoms with Gasteiger partial charge in [0, 0.05) is 36.6 Å². The summed E-state index contributed by atoms with van der Waals surface area (Å²) in [6, 6.07) is 3.48. The molecule has 0 aromatic carbocycles. The van der Waals surface area contributed by atoms with E-state index in [0.717, 1.165) is 31.2 Å². The molecule has 0 amide bonds. The van der Waals surface area contributed by atoms with E-state index in [1.165, 1.54) is 0 Å². The molecule has 5 nitrogen and oxygen atoms in total. The summed E-state index contributed by atoms with van der Waals surface area (Å²) in [7, 11) is 0. The van der Waals surface area contributed by atoms with Crippen molar-refractivity contribution in [3.05, 3.63) is 51.2 Å². The number of rotatable bonds is 2. The third-order valence-corrected chi connectivity index (χ3v) is 5.49. The fourth-order valence-corrected chi connectivity index (χ4v) is 4.08. The Morgan fingerprint density at radius 2 is 1.85 bits per heavy atom. The first-order chi connectivity index (χ1) is 12.9. The number of fused-ring (bicyclic) bond motifs is 1. The Kier molecular flexibility index (Phi) is 4.65. The van der Waals surface area contributed by atoms with Crippen molar-refractivity contribution in [1.82, 2.24) is 15.0 Å². The number of H-pyrrole nitrogens is 1. The summed E-state index contributed by atoms with van der Waals surface area (Å²) >= 11 is 0. The average molecular weight is 378 g/mol. The summed E-state index contributed by atoms with van der Waals surface area (Å²) in [5.74, 6) is 0.413. The van der Waals surface area contributed by atoms with Gasteiger partial charge in [0.2, 0.25) is 11.5 Å². The normalized spacial score (nSPS) is 18.4. The van der Waals surface area contributed by atoms with Gasteiger partial charge in [-0.1, -0.05) is 0 Å². The van der Waals surface area contributed by atoms with E-state index in [-0.39, 0.29) is 23.0 Å². The summed E-state index contributed by atoms with van der Waals surface area (Å²) in [5.41, 5.74) is 0.897. The number of aromatic amines is 1. The second-order valence-corrected chi connectivity index (χ2v) is 7.25. The van der Waals surface area contributed by atoms with Crippen LogP contribution in [0.5, 0.6) is 0 Å². The lowest BCUT2D eigenvalue weighted by Crippen LogP contribution is -2.35. The van der Waals surface area contributed by atoms with Crippen molar-refractivity contribution < 1.29 is 13.2 Å². The van der Waals surface area contributed by atoms with Crippen LogP contribution in [0, 0.1) is 0 Å². The molecule has 2 aliphatic rings. The topological polar surface area (TPSA) is 61.9 Å². The fraction of sp³-hybridized carbons (Fsp3) is 0.526. The van der Waals surface area contributed by atoms with Gasteiger partial charge in [0.1, 0.15) is 0 Å². The molecule has 1 fully saturated rings. The first-order valence-electron chi connectivity index (χ1n) is 9.32. The third kappa shape index (κ3) is 3.70. The number of nitrogens with zero attached hydrogens (tertiary/aromatic N) is 3. The zero-order valence-corrected chi connectivity index (χ0v) is 14.9. The number of nitrogens with one attached hydrogen (secondary N) is 1. The molecule has 144 valence electrons. The molecule has 8 heteroatoms. The van der Waals surface area contributed by atoms with E-state index < -0.39 is 11.9 Å². The van der Waals surface area contributed by atoms with E-state index in [4.69, 9.17) is 0 Å². The van der Waals surface area contributed by atoms with Gasteiger partial charge < -0.3 is 9.88 Å². The molecule has 0 unspecified atom stereocenters. The van der Waals surface area contributed by atoms with E-state index in [1.54, 1.807) is 12.3 Å². The number of aromatic nitrogens is 3. The van der Waals surface area contributed by atoms with Crippen molar-refractivity contribution in [2.45, 2.75) is 50.6 Å². The number of aryl methyl sites for hydroxylation is 1. The molecule has 1 aliphatic heterocycles. The Balaban J connectivity index is 1.57. The van der Waals surface area contributed by atoms with Gasteiger partial charge >= 0.3 is 6.18 Å². The summed E-state index contributed by atoms with van der Waals surface area (Å²) in [5, 5.41) is 0. The smallest absolute Gasteiger partial charge is 0.341 e. The van der Waals surface area contributed by atoms with Crippen LogP contribution in [0.3, 0.4) is 0 Å². The van der Waals surface area contributed by atoms with Crippen LogP contribution in [-0.4, -0.2) is 28.0 Å². The maximum Gasteiger partial charge on any atom is 0.433 e. The van der Waals surface area contributed by atoms with Crippen LogP contribution in [0.15, 0.2) is 23.1 Å². The Hall–Kier alpha value is -2.38. The Bertz CT molecular complexity index is 885. The molecule has 1 saturated heterocycles. The fourth-order valence-electron chi connectivity index (χ4n) is 4.08. The molecule has 1 aliphatic carbocycles. The van der Waals surface area contributed by atoms with Crippen LogP contribution >= 0.6 is 0 Å². The molecule has 3 heterocycles. The molecular formula is C19H21F3N4O. The SMILES string of the molecule is O=c1cc(C2CCN(c3nc4c(c(C(F)(F)F)n3)CCCC4)CC2)cc[nH]1. The minimum absolute atomic E-state index is 0.136. The maximum atomic E-state index is 13.5. The lowest BCUT2D eigenvalue weighted by molar-refractivity contribution is -0.142. The molecule has 0 atom stereocenters. The van der Waals surface area contributed by atoms with Gasteiger partial charge in [-0.15, -0.1) is 0 Å². The van der Waals surface area contributed by atoms with Gasteiger partial charge in [0.15, 0.2) is 5.69 Å². The zero-order valence-electron chi connectivity index (χ0n) is 14.9. The summed E-state index contributed by atoms with van der Waals surface area (Å²) < 4.78 is 40.5. The number of halogens is 3. The van der Waals surface area contributed by atoms with Crippen molar-refractivity contribution in [2.75, 3.05) is 18.0 Å². The summed E-state index contributed by atoms with van der Waals surface area (Å²) in [6.07, 6.45) is 1.28.